The fraction of sp³-hybridized carbons (Fsp3) is 0.120. The molecule has 0 spiro atoms. The van der Waals surface area contributed by atoms with Crippen LogP contribution in [0, 0.1) is 18.3 Å². The lowest BCUT2D eigenvalue weighted by Crippen LogP contribution is -2.19. The Hall–Kier alpha value is -4.28. The zero-order valence-corrected chi connectivity index (χ0v) is 17.5. The standard InChI is InChI=1S/C25H21N5O2/c1-16-20(13-26)6-3-7-21(16)23-12-22(28-25(27)29-23)19-8-9-30(24(32)11-19)14-17-4-2-5-18(10-17)15-31/h2-12,31H,14-15H2,1H3,(H2,27,28,29). The second-order valence-corrected chi connectivity index (χ2v) is 7.45. The summed E-state index contributed by atoms with van der Waals surface area (Å²) in [6.45, 7) is 2.21. The van der Waals surface area contributed by atoms with E-state index in [4.69, 9.17) is 5.73 Å². The van der Waals surface area contributed by atoms with Crippen LogP contribution in [0.4, 0.5) is 5.95 Å². The van der Waals surface area contributed by atoms with Gasteiger partial charge in [-0.05, 0) is 41.8 Å². The normalized spacial score (nSPS) is 10.7. The highest BCUT2D eigenvalue weighted by atomic mass is 16.3. The molecule has 7 heteroatoms. The van der Waals surface area contributed by atoms with Crippen LogP contribution in [0.25, 0.3) is 22.5 Å². The fourth-order valence-corrected chi connectivity index (χ4v) is 3.61. The van der Waals surface area contributed by atoms with Crippen molar-refractivity contribution in [3.8, 4) is 28.6 Å². The summed E-state index contributed by atoms with van der Waals surface area (Å²) in [6.07, 6.45) is 1.71. The number of aliphatic hydroxyl groups excluding tert-OH is 1. The van der Waals surface area contributed by atoms with Crippen molar-refractivity contribution in [2.24, 2.45) is 0 Å². The molecule has 32 heavy (non-hydrogen) atoms. The van der Waals surface area contributed by atoms with E-state index in [-0.39, 0.29) is 18.1 Å². The van der Waals surface area contributed by atoms with Crippen LogP contribution < -0.4 is 11.3 Å². The van der Waals surface area contributed by atoms with Gasteiger partial charge < -0.3 is 15.4 Å². The summed E-state index contributed by atoms with van der Waals surface area (Å²) in [7, 11) is 0. The molecule has 158 valence electrons. The number of pyridine rings is 1. The molecule has 0 saturated heterocycles. The Bertz CT molecular complexity index is 1400. The quantitative estimate of drug-likeness (QED) is 0.509. The van der Waals surface area contributed by atoms with Gasteiger partial charge in [0.1, 0.15) is 0 Å². The van der Waals surface area contributed by atoms with E-state index in [2.05, 4.69) is 16.0 Å². The minimum absolute atomic E-state index is 0.0457. The Morgan fingerprint density at radius 1 is 1.03 bits per heavy atom. The van der Waals surface area contributed by atoms with E-state index in [0.717, 1.165) is 22.3 Å². The van der Waals surface area contributed by atoms with E-state index < -0.39 is 0 Å². The number of nitrogen functional groups attached to an aromatic ring is 1. The van der Waals surface area contributed by atoms with Crippen LogP contribution in [0.2, 0.25) is 0 Å². The average molecular weight is 423 g/mol. The molecule has 0 atom stereocenters. The molecule has 0 unspecified atom stereocenters. The predicted molar refractivity (Wildman–Crippen MR) is 122 cm³/mol. The molecule has 0 saturated carbocycles. The summed E-state index contributed by atoms with van der Waals surface area (Å²) in [5.74, 6) is 0.0873. The molecular weight excluding hydrogens is 402 g/mol. The lowest BCUT2D eigenvalue weighted by Gasteiger charge is -2.11. The molecule has 4 rings (SSSR count). The molecule has 2 aromatic carbocycles. The molecule has 0 bridgehead atoms. The Labute approximate surface area is 185 Å². The van der Waals surface area contributed by atoms with Crippen molar-refractivity contribution >= 4 is 5.95 Å². The van der Waals surface area contributed by atoms with E-state index in [1.54, 1.807) is 35.0 Å². The molecule has 0 radical (unpaired) electrons. The van der Waals surface area contributed by atoms with Crippen LogP contribution in [0.15, 0.2) is 71.7 Å². The highest BCUT2D eigenvalue weighted by molar-refractivity contribution is 5.72. The average Bonchev–Trinajstić information content (AvgIpc) is 2.80. The first-order chi connectivity index (χ1) is 15.5. The van der Waals surface area contributed by atoms with Crippen LogP contribution in [-0.2, 0) is 13.2 Å². The summed E-state index contributed by atoms with van der Waals surface area (Å²) in [5, 5.41) is 18.6. The van der Waals surface area contributed by atoms with Crippen LogP contribution in [0.1, 0.15) is 22.3 Å². The maximum Gasteiger partial charge on any atom is 0.251 e. The lowest BCUT2D eigenvalue weighted by molar-refractivity contribution is 0.281. The molecule has 0 aliphatic heterocycles. The zero-order valence-electron chi connectivity index (χ0n) is 17.5. The minimum atomic E-state index is -0.182. The van der Waals surface area contributed by atoms with Crippen molar-refractivity contribution in [2.45, 2.75) is 20.1 Å². The summed E-state index contributed by atoms with van der Waals surface area (Å²) in [6, 6.07) is 20.2. The van der Waals surface area contributed by atoms with Crippen molar-refractivity contribution in [2.75, 3.05) is 5.73 Å². The van der Waals surface area contributed by atoms with Crippen molar-refractivity contribution < 1.29 is 5.11 Å². The molecule has 3 N–H and O–H groups in total. The monoisotopic (exact) mass is 423 g/mol. The van der Waals surface area contributed by atoms with Gasteiger partial charge in [-0.3, -0.25) is 4.79 Å². The summed E-state index contributed by atoms with van der Waals surface area (Å²) >= 11 is 0. The Morgan fingerprint density at radius 2 is 1.78 bits per heavy atom. The van der Waals surface area contributed by atoms with Crippen molar-refractivity contribution in [1.29, 1.82) is 5.26 Å². The third-order valence-corrected chi connectivity index (χ3v) is 5.29. The molecule has 0 aliphatic carbocycles. The first kappa shape index (κ1) is 21.0. The van der Waals surface area contributed by atoms with Gasteiger partial charge in [0.2, 0.25) is 5.95 Å². The number of hydrogen-bond acceptors (Lipinski definition) is 6. The number of benzene rings is 2. The SMILES string of the molecule is Cc1c(C#N)cccc1-c1cc(-c2ccn(Cc3cccc(CO)c3)c(=O)c2)nc(N)n1. The third-order valence-electron chi connectivity index (χ3n) is 5.29. The summed E-state index contributed by atoms with van der Waals surface area (Å²) in [5.41, 5.74) is 11.4. The molecular formula is C25H21N5O2. The molecule has 0 aliphatic rings. The number of rotatable bonds is 5. The molecule has 4 aromatic rings. The Kier molecular flexibility index (Phi) is 5.79. The third kappa shape index (κ3) is 4.26. The van der Waals surface area contributed by atoms with Gasteiger partial charge in [-0.2, -0.15) is 5.26 Å². The van der Waals surface area contributed by atoms with E-state index >= 15 is 0 Å². The molecule has 7 nitrogen and oxygen atoms in total. The van der Waals surface area contributed by atoms with Gasteiger partial charge in [0, 0.05) is 23.4 Å². The van der Waals surface area contributed by atoms with E-state index in [9.17, 15) is 15.2 Å². The number of aliphatic hydroxyl groups is 1. The Morgan fingerprint density at radius 3 is 2.53 bits per heavy atom. The van der Waals surface area contributed by atoms with E-state index in [0.29, 0.717) is 29.1 Å². The van der Waals surface area contributed by atoms with Crippen LogP contribution in [0.5, 0.6) is 0 Å². The van der Waals surface area contributed by atoms with Gasteiger partial charge in [0.15, 0.2) is 0 Å². The summed E-state index contributed by atoms with van der Waals surface area (Å²) in [4.78, 5) is 21.4. The highest BCUT2D eigenvalue weighted by Crippen LogP contribution is 2.27. The zero-order chi connectivity index (χ0) is 22.7. The number of nitrogens with two attached hydrogens (primary N) is 1. The number of nitrogens with zero attached hydrogens (tertiary/aromatic N) is 4. The summed E-state index contributed by atoms with van der Waals surface area (Å²) < 4.78 is 1.59. The molecule has 2 aromatic heterocycles. The van der Waals surface area contributed by atoms with Crippen LogP contribution >= 0.6 is 0 Å². The predicted octanol–water partition coefficient (Wildman–Crippen LogP) is 3.28. The van der Waals surface area contributed by atoms with E-state index in [1.807, 2.05) is 37.3 Å². The number of aromatic nitrogens is 3. The number of hydrogen-bond donors (Lipinski definition) is 2. The molecule has 0 amide bonds. The van der Waals surface area contributed by atoms with Gasteiger partial charge in [0.25, 0.3) is 5.56 Å². The largest absolute Gasteiger partial charge is 0.392 e. The number of nitriles is 1. The number of anilines is 1. The Balaban J connectivity index is 1.70. The van der Waals surface area contributed by atoms with E-state index in [1.165, 1.54) is 6.07 Å². The first-order valence-electron chi connectivity index (χ1n) is 10.0. The van der Waals surface area contributed by atoms with Crippen molar-refractivity contribution in [3.63, 3.8) is 0 Å². The van der Waals surface area contributed by atoms with Gasteiger partial charge in [-0.15, -0.1) is 0 Å². The van der Waals surface area contributed by atoms with Gasteiger partial charge >= 0.3 is 0 Å². The fourth-order valence-electron chi connectivity index (χ4n) is 3.61. The second kappa shape index (κ2) is 8.84. The van der Waals surface area contributed by atoms with Gasteiger partial charge in [0.05, 0.1) is 36.2 Å². The van der Waals surface area contributed by atoms with Crippen LogP contribution in [0.3, 0.4) is 0 Å². The smallest absolute Gasteiger partial charge is 0.251 e. The van der Waals surface area contributed by atoms with Crippen molar-refractivity contribution in [3.05, 3.63) is 99.5 Å². The lowest BCUT2D eigenvalue weighted by atomic mass is 9.99. The molecule has 0 fully saturated rings. The maximum atomic E-state index is 12.8. The van der Waals surface area contributed by atoms with Gasteiger partial charge in [-0.1, -0.05) is 36.4 Å². The van der Waals surface area contributed by atoms with Crippen molar-refractivity contribution in [1.82, 2.24) is 14.5 Å². The molecule has 2 heterocycles. The second-order valence-electron chi connectivity index (χ2n) is 7.45. The highest BCUT2D eigenvalue weighted by Gasteiger charge is 2.12. The van der Waals surface area contributed by atoms with Gasteiger partial charge in [-0.25, -0.2) is 9.97 Å². The minimum Gasteiger partial charge on any atom is -0.392 e. The first-order valence-corrected chi connectivity index (χ1v) is 10.0. The topological polar surface area (TPSA) is 118 Å². The van der Waals surface area contributed by atoms with Crippen LogP contribution in [-0.4, -0.2) is 19.6 Å². The maximum absolute atomic E-state index is 12.8.